The van der Waals surface area contributed by atoms with Crippen LogP contribution in [0.5, 0.6) is 0 Å². The third-order valence-corrected chi connectivity index (χ3v) is 5.96. The quantitative estimate of drug-likeness (QED) is 0.234. The smallest absolute Gasteiger partial charge is 0.396 e. The van der Waals surface area contributed by atoms with Crippen LogP contribution >= 0.6 is 0 Å². The number of anilines is 2. The van der Waals surface area contributed by atoms with Crippen LogP contribution in [-0.4, -0.2) is 21.1 Å². The van der Waals surface area contributed by atoms with Gasteiger partial charge in [-0.15, -0.1) is 0 Å². The molecule has 1 aromatic carbocycles. The summed E-state index contributed by atoms with van der Waals surface area (Å²) in [6, 6.07) is 2.81. The van der Waals surface area contributed by atoms with Crippen molar-refractivity contribution in [3.8, 4) is 11.3 Å². The van der Waals surface area contributed by atoms with Crippen LogP contribution in [0.3, 0.4) is 0 Å². The van der Waals surface area contributed by atoms with E-state index in [-0.39, 0.29) is 29.9 Å². The van der Waals surface area contributed by atoms with Gasteiger partial charge in [0.25, 0.3) is 0 Å². The first kappa shape index (κ1) is 24.6. The lowest BCUT2D eigenvalue weighted by Crippen LogP contribution is -2.16. The summed E-state index contributed by atoms with van der Waals surface area (Å²) in [5, 5.41) is 7.23. The Morgan fingerprint density at radius 1 is 1.26 bits per heavy atom. The van der Waals surface area contributed by atoms with Crippen LogP contribution in [0.15, 0.2) is 18.3 Å². The second kappa shape index (κ2) is 9.27. The van der Waals surface area contributed by atoms with Gasteiger partial charge in [-0.3, -0.25) is 9.48 Å². The number of hydrogen-bond acceptors (Lipinski definition) is 5. The molecule has 0 aliphatic heterocycles. The van der Waals surface area contributed by atoms with Gasteiger partial charge < -0.3 is 11.1 Å². The molecule has 186 valence electrons. The van der Waals surface area contributed by atoms with Gasteiger partial charge in [-0.2, -0.15) is 18.3 Å². The van der Waals surface area contributed by atoms with E-state index in [0.29, 0.717) is 24.4 Å². The van der Waals surface area contributed by atoms with E-state index < -0.39 is 45.9 Å². The van der Waals surface area contributed by atoms with Crippen LogP contribution in [0.2, 0.25) is 0 Å². The van der Waals surface area contributed by atoms with Crippen LogP contribution in [0.4, 0.5) is 33.3 Å². The molecule has 3 aromatic rings. The zero-order chi connectivity index (χ0) is 25.5. The Hall–Kier alpha value is -3.50. The highest BCUT2D eigenvalue weighted by atomic mass is 19.4. The van der Waals surface area contributed by atoms with Gasteiger partial charge in [-0.1, -0.05) is 13.3 Å². The van der Waals surface area contributed by atoms with Crippen molar-refractivity contribution >= 4 is 17.7 Å². The Morgan fingerprint density at radius 3 is 2.57 bits per heavy atom. The summed E-state index contributed by atoms with van der Waals surface area (Å²) in [5.41, 5.74) is 1.87. The van der Waals surface area contributed by atoms with Crippen molar-refractivity contribution in [3.05, 3.63) is 58.0 Å². The first-order chi connectivity index (χ1) is 16.6. The Kier molecular flexibility index (Phi) is 6.52. The number of aromatic nitrogens is 3. The molecule has 0 saturated heterocycles. The van der Waals surface area contributed by atoms with Crippen molar-refractivity contribution in [2.45, 2.75) is 58.3 Å². The fourth-order valence-corrected chi connectivity index (χ4v) is 4.10. The highest BCUT2D eigenvalue weighted by Gasteiger charge is 2.39. The van der Waals surface area contributed by atoms with Crippen LogP contribution in [0, 0.1) is 18.6 Å². The number of aryl methyl sites for hydroxylation is 1. The molecule has 2 aromatic heterocycles. The maximum Gasteiger partial charge on any atom is 0.417 e. The second-order valence-electron chi connectivity index (χ2n) is 8.57. The number of carbonyl (C=O) groups is 1. The molecular weight excluding hydrogens is 469 g/mol. The van der Waals surface area contributed by atoms with E-state index in [2.05, 4.69) is 15.4 Å². The summed E-state index contributed by atoms with van der Waals surface area (Å²) in [6.45, 7) is 2.75. The lowest BCUT2D eigenvalue weighted by molar-refractivity contribution is -0.137. The van der Waals surface area contributed by atoms with Crippen LogP contribution in [0.1, 0.15) is 65.1 Å². The minimum atomic E-state index is -5.00. The zero-order valence-electron chi connectivity index (χ0n) is 19.1. The lowest BCUT2D eigenvalue weighted by atomic mass is 9.95. The van der Waals surface area contributed by atoms with E-state index in [1.54, 1.807) is 23.9 Å². The van der Waals surface area contributed by atoms with Gasteiger partial charge in [0.15, 0.2) is 12.1 Å². The molecule has 0 spiro atoms. The van der Waals surface area contributed by atoms with Crippen molar-refractivity contribution in [2.75, 3.05) is 11.1 Å². The number of carbonyl (C=O) groups excluding carboxylic acids is 1. The Bertz CT molecular complexity index is 1280. The molecule has 6 nitrogen and oxygen atoms in total. The Morgan fingerprint density at radius 2 is 1.97 bits per heavy atom. The molecular formula is C24H24F5N5O. The van der Waals surface area contributed by atoms with Crippen molar-refractivity contribution in [3.63, 3.8) is 0 Å². The average Bonchev–Trinajstić information content (AvgIpc) is 3.54. The molecule has 4 rings (SSSR count). The normalized spacial score (nSPS) is 13.8. The predicted octanol–water partition coefficient (Wildman–Crippen LogP) is 5.84. The largest absolute Gasteiger partial charge is 0.417 e. The van der Waals surface area contributed by atoms with Gasteiger partial charge in [0, 0.05) is 11.8 Å². The number of benzene rings is 1. The third-order valence-electron chi connectivity index (χ3n) is 5.96. The van der Waals surface area contributed by atoms with E-state index in [1.165, 1.54) is 0 Å². The van der Waals surface area contributed by atoms with E-state index in [9.17, 15) is 22.4 Å². The Labute approximate surface area is 198 Å². The summed E-state index contributed by atoms with van der Waals surface area (Å²) in [6.07, 6.45) is -0.0246. The van der Waals surface area contributed by atoms with Crippen molar-refractivity contribution < 1.29 is 26.7 Å². The number of nitrogens with one attached hydrogen (secondary N) is 1. The number of nitrogens with zero attached hydrogens (tertiary/aromatic N) is 3. The number of aldehydes is 1. The van der Waals surface area contributed by atoms with Gasteiger partial charge in [0.05, 0.1) is 46.5 Å². The minimum Gasteiger partial charge on any atom is -0.396 e. The maximum atomic E-state index is 15.8. The van der Waals surface area contributed by atoms with Gasteiger partial charge in [-0.05, 0) is 43.9 Å². The fourth-order valence-electron chi connectivity index (χ4n) is 4.10. The van der Waals surface area contributed by atoms with Gasteiger partial charge in [-0.25, -0.2) is 13.8 Å². The average molecular weight is 493 g/mol. The molecule has 3 N–H and O–H groups in total. The molecule has 0 bridgehead atoms. The van der Waals surface area contributed by atoms with Crippen molar-refractivity contribution in [1.29, 1.82) is 0 Å². The van der Waals surface area contributed by atoms with Gasteiger partial charge in [0.2, 0.25) is 0 Å². The first-order valence-corrected chi connectivity index (χ1v) is 11.2. The molecule has 1 aliphatic rings. The van der Waals surface area contributed by atoms with Crippen LogP contribution in [-0.2, 0) is 19.1 Å². The molecule has 0 amide bonds. The summed E-state index contributed by atoms with van der Waals surface area (Å²) >= 11 is 0. The molecule has 0 atom stereocenters. The summed E-state index contributed by atoms with van der Waals surface area (Å²) in [5.74, 6) is -2.39. The summed E-state index contributed by atoms with van der Waals surface area (Å²) in [7, 11) is 0. The molecule has 0 unspecified atom stereocenters. The number of alkyl halides is 3. The molecule has 1 aliphatic carbocycles. The number of hydrogen-bond donors (Lipinski definition) is 2. The van der Waals surface area contributed by atoms with Crippen LogP contribution in [0.25, 0.3) is 11.3 Å². The topological polar surface area (TPSA) is 85.8 Å². The zero-order valence-corrected chi connectivity index (χ0v) is 19.1. The molecule has 2 heterocycles. The van der Waals surface area contributed by atoms with E-state index in [1.807, 2.05) is 0 Å². The number of nitrogens with two attached hydrogens (primary N) is 1. The fraction of sp³-hybridized carbons (Fsp3) is 0.375. The third kappa shape index (κ3) is 4.71. The maximum absolute atomic E-state index is 15.8. The van der Waals surface area contributed by atoms with Crippen LogP contribution < -0.4 is 11.1 Å². The number of nitrogen functional groups attached to an aromatic ring is 1. The van der Waals surface area contributed by atoms with E-state index in [0.717, 1.165) is 25.8 Å². The number of halogens is 5. The van der Waals surface area contributed by atoms with Gasteiger partial charge >= 0.3 is 6.18 Å². The SMILES string of the molecule is CCCc1nc(-c2cc(N)c(F)c(C)c2C(F)(F)F)c(F)c(NCc2ccn(C3CC3)n2)c1C=O. The van der Waals surface area contributed by atoms with Crippen molar-refractivity contribution in [2.24, 2.45) is 0 Å². The van der Waals surface area contributed by atoms with E-state index in [4.69, 9.17) is 5.73 Å². The van der Waals surface area contributed by atoms with E-state index >= 15 is 4.39 Å². The standard InChI is InChI=1S/C24H24F5N5O/c1-3-4-18-16(11-35)22(31-10-13-7-8-34(33-13)14-5-6-14)21(26)23(32-18)15-9-17(30)20(25)12(2)19(15)24(27,28)29/h7-9,11,14H,3-6,10,30H2,1-2H3,(H,31,32). The summed E-state index contributed by atoms with van der Waals surface area (Å²) < 4.78 is 73.7. The second-order valence-corrected chi connectivity index (χ2v) is 8.57. The summed E-state index contributed by atoms with van der Waals surface area (Å²) in [4.78, 5) is 16.0. The molecule has 1 fully saturated rings. The molecule has 35 heavy (non-hydrogen) atoms. The lowest BCUT2D eigenvalue weighted by Gasteiger charge is -2.20. The minimum absolute atomic E-state index is 0.0310. The highest BCUT2D eigenvalue weighted by molar-refractivity contribution is 5.88. The molecule has 1 saturated carbocycles. The highest BCUT2D eigenvalue weighted by Crippen LogP contribution is 2.43. The Balaban J connectivity index is 1.87. The monoisotopic (exact) mass is 493 g/mol. The number of rotatable bonds is 8. The van der Waals surface area contributed by atoms with Crippen molar-refractivity contribution in [1.82, 2.24) is 14.8 Å². The predicted molar refractivity (Wildman–Crippen MR) is 121 cm³/mol. The molecule has 11 heteroatoms. The first-order valence-electron chi connectivity index (χ1n) is 11.2. The van der Waals surface area contributed by atoms with Gasteiger partial charge in [0.1, 0.15) is 11.5 Å². The number of pyridine rings is 1. The molecule has 0 radical (unpaired) electrons.